The summed E-state index contributed by atoms with van der Waals surface area (Å²) in [5.74, 6) is -1.37. The van der Waals surface area contributed by atoms with Gasteiger partial charge >= 0.3 is 11.9 Å². The molecule has 0 amide bonds. The van der Waals surface area contributed by atoms with Crippen LogP contribution in [0.5, 0.6) is 0 Å². The third kappa shape index (κ3) is 2.78. The average Bonchev–Trinajstić information content (AvgIpc) is 2.90. The molecule has 1 saturated heterocycles. The smallest absolute Gasteiger partial charge is 0.388 e. The fourth-order valence-electron chi connectivity index (χ4n) is 1.75. The minimum absolute atomic E-state index is 0.171. The highest BCUT2D eigenvalue weighted by Gasteiger charge is 2.26. The molecule has 18 heavy (non-hydrogen) atoms. The summed E-state index contributed by atoms with van der Waals surface area (Å²) in [6.45, 7) is 0.763. The summed E-state index contributed by atoms with van der Waals surface area (Å²) in [5, 5.41) is 2.94. The highest BCUT2D eigenvalue weighted by Crippen LogP contribution is 2.13. The molecule has 0 radical (unpaired) electrons. The predicted molar refractivity (Wildman–Crippen MR) is 63.4 cm³/mol. The third-order valence-electron chi connectivity index (χ3n) is 2.73. The van der Waals surface area contributed by atoms with Crippen molar-refractivity contribution in [3.63, 3.8) is 0 Å². The fraction of sp³-hybridized carbons (Fsp3) is 0.333. The lowest BCUT2D eigenvalue weighted by Crippen LogP contribution is -2.33. The number of carbonyl (C=O) groups is 2. The van der Waals surface area contributed by atoms with E-state index in [1.807, 2.05) is 0 Å². The Balaban J connectivity index is 1.88. The summed E-state index contributed by atoms with van der Waals surface area (Å²) in [7, 11) is 0. The molecule has 2 rings (SSSR count). The molecule has 6 heteroatoms. The van der Waals surface area contributed by atoms with E-state index in [1.165, 1.54) is 6.07 Å². The predicted octanol–water partition coefficient (Wildman–Crippen LogP) is 0.636. The maximum Gasteiger partial charge on any atom is 0.388 e. The minimum atomic E-state index is -0.778. The van der Waals surface area contributed by atoms with Gasteiger partial charge in [-0.15, -0.1) is 0 Å². The van der Waals surface area contributed by atoms with E-state index < -0.39 is 18.0 Å². The van der Waals surface area contributed by atoms with Crippen LogP contribution in [0.25, 0.3) is 0 Å². The second kappa shape index (κ2) is 5.50. The number of anilines is 1. The first-order valence-corrected chi connectivity index (χ1v) is 5.69. The van der Waals surface area contributed by atoms with Crippen LogP contribution in [0, 0.1) is 0 Å². The van der Waals surface area contributed by atoms with Crippen molar-refractivity contribution < 1.29 is 19.4 Å². The Labute approximate surface area is 104 Å². The van der Waals surface area contributed by atoms with E-state index in [0.29, 0.717) is 6.42 Å². The van der Waals surface area contributed by atoms with E-state index in [1.54, 1.807) is 18.2 Å². The SMILES string of the molecule is Nc1ccccc1C(=O)OOC(=O)C1CCCN1. The van der Waals surface area contributed by atoms with E-state index in [0.717, 1.165) is 13.0 Å². The molecule has 1 unspecified atom stereocenters. The van der Waals surface area contributed by atoms with Crippen molar-refractivity contribution in [2.75, 3.05) is 12.3 Å². The first kappa shape index (κ1) is 12.4. The van der Waals surface area contributed by atoms with Gasteiger partial charge in [-0.3, -0.25) is 0 Å². The molecule has 1 heterocycles. The number of nitrogens with one attached hydrogen (secondary N) is 1. The van der Waals surface area contributed by atoms with Crippen molar-refractivity contribution >= 4 is 17.6 Å². The van der Waals surface area contributed by atoms with Gasteiger partial charge in [0.15, 0.2) is 0 Å². The lowest BCUT2D eigenvalue weighted by Gasteiger charge is -2.08. The quantitative estimate of drug-likeness (QED) is 0.454. The molecule has 1 aliphatic rings. The van der Waals surface area contributed by atoms with Crippen molar-refractivity contribution in [1.82, 2.24) is 5.32 Å². The Morgan fingerprint density at radius 1 is 1.28 bits per heavy atom. The van der Waals surface area contributed by atoms with Crippen LogP contribution in [0.3, 0.4) is 0 Å². The maximum atomic E-state index is 11.6. The van der Waals surface area contributed by atoms with Gasteiger partial charge in [-0.2, -0.15) is 0 Å². The van der Waals surface area contributed by atoms with Crippen molar-refractivity contribution in [1.29, 1.82) is 0 Å². The monoisotopic (exact) mass is 250 g/mol. The second-order valence-corrected chi connectivity index (χ2v) is 4.01. The van der Waals surface area contributed by atoms with Crippen LogP contribution in [-0.4, -0.2) is 24.5 Å². The number of benzene rings is 1. The first-order valence-electron chi connectivity index (χ1n) is 5.69. The number of hydrogen-bond donors (Lipinski definition) is 2. The Morgan fingerprint density at radius 2 is 2.06 bits per heavy atom. The molecule has 0 saturated carbocycles. The van der Waals surface area contributed by atoms with Gasteiger partial charge in [-0.25, -0.2) is 19.4 Å². The average molecular weight is 250 g/mol. The van der Waals surface area contributed by atoms with Crippen LogP contribution in [0.1, 0.15) is 23.2 Å². The Bertz CT molecular complexity index is 455. The molecule has 1 atom stereocenters. The van der Waals surface area contributed by atoms with Crippen LogP contribution in [0.15, 0.2) is 24.3 Å². The van der Waals surface area contributed by atoms with Crippen molar-refractivity contribution in [3.05, 3.63) is 29.8 Å². The van der Waals surface area contributed by atoms with E-state index in [9.17, 15) is 9.59 Å². The Hall–Kier alpha value is -2.08. The Kier molecular flexibility index (Phi) is 3.78. The summed E-state index contributed by atoms with van der Waals surface area (Å²) in [5.41, 5.74) is 6.04. The molecule has 3 N–H and O–H groups in total. The molecule has 96 valence electrons. The van der Waals surface area contributed by atoms with Gasteiger partial charge in [-0.1, -0.05) is 12.1 Å². The van der Waals surface area contributed by atoms with Crippen molar-refractivity contribution in [3.8, 4) is 0 Å². The first-order chi connectivity index (χ1) is 8.68. The van der Waals surface area contributed by atoms with Crippen LogP contribution in [-0.2, 0) is 14.6 Å². The van der Waals surface area contributed by atoms with Crippen molar-refractivity contribution in [2.45, 2.75) is 18.9 Å². The molecule has 0 aliphatic carbocycles. The fourth-order valence-corrected chi connectivity index (χ4v) is 1.75. The highest BCUT2D eigenvalue weighted by atomic mass is 17.2. The lowest BCUT2D eigenvalue weighted by molar-refractivity contribution is -0.235. The zero-order chi connectivity index (χ0) is 13.0. The summed E-state index contributed by atoms with van der Waals surface area (Å²) in [6.07, 6.45) is 1.59. The molecule has 0 bridgehead atoms. The Morgan fingerprint density at radius 3 is 2.72 bits per heavy atom. The van der Waals surface area contributed by atoms with Gasteiger partial charge in [0.25, 0.3) is 0 Å². The third-order valence-corrected chi connectivity index (χ3v) is 2.73. The molecular formula is C12H14N2O4. The van der Waals surface area contributed by atoms with Crippen LogP contribution < -0.4 is 11.1 Å². The van der Waals surface area contributed by atoms with Gasteiger partial charge in [-0.05, 0) is 31.5 Å². The second-order valence-electron chi connectivity index (χ2n) is 4.01. The molecule has 0 spiro atoms. The largest absolute Gasteiger partial charge is 0.398 e. The number of nitrogen functional groups attached to an aromatic ring is 1. The van der Waals surface area contributed by atoms with E-state index in [4.69, 9.17) is 5.73 Å². The highest BCUT2D eigenvalue weighted by molar-refractivity contribution is 5.95. The summed E-state index contributed by atoms with van der Waals surface area (Å²) >= 11 is 0. The molecule has 1 aliphatic heterocycles. The lowest BCUT2D eigenvalue weighted by atomic mass is 10.2. The van der Waals surface area contributed by atoms with E-state index >= 15 is 0 Å². The number of rotatable bonds is 2. The molecule has 1 fully saturated rings. The number of para-hydroxylation sites is 1. The zero-order valence-corrected chi connectivity index (χ0v) is 9.72. The van der Waals surface area contributed by atoms with Crippen LogP contribution >= 0.6 is 0 Å². The number of hydrogen-bond acceptors (Lipinski definition) is 6. The summed E-state index contributed by atoms with van der Waals surface area (Å²) < 4.78 is 0. The van der Waals surface area contributed by atoms with Gasteiger partial charge in [0.05, 0.1) is 5.56 Å². The normalized spacial score (nSPS) is 18.3. The molecule has 1 aromatic carbocycles. The summed E-state index contributed by atoms with van der Waals surface area (Å²) in [4.78, 5) is 32.0. The molecule has 0 aromatic heterocycles. The van der Waals surface area contributed by atoms with Gasteiger partial charge in [0, 0.05) is 5.69 Å². The van der Waals surface area contributed by atoms with E-state index in [2.05, 4.69) is 15.1 Å². The molecule has 6 nitrogen and oxygen atoms in total. The van der Waals surface area contributed by atoms with Crippen LogP contribution in [0.2, 0.25) is 0 Å². The standard InChI is InChI=1S/C12H14N2O4/c13-9-5-2-1-4-8(9)11(15)17-18-12(16)10-6-3-7-14-10/h1-2,4-5,10,14H,3,6-7,13H2. The topological polar surface area (TPSA) is 90.7 Å². The summed E-state index contributed by atoms with van der Waals surface area (Å²) in [6, 6.07) is 6.01. The number of carbonyl (C=O) groups excluding carboxylic acids is 2. The van der Waals surface area contributed by atoms with Crippen molar-refractivity contribution in [2.24, 2.45) is 0 Å². The van der Waals surface area contributed by atoms with Crippen LogP contribution in [0.4, 0.5) is 5.69 Å². The van der Waals surface area contributed by atoms with Gasteiger partial charge in [0.2, 0.25) is 0 Å². The number of nitrogens with two attached hydrogens (primary N) is 1. The minimum Gasteiger partial charge on any atom is -0.398 e. The maximum absolute atomic E-state index is 11.6. The van der Waals surface area contributed by atoms with E-state index in [-0.39, 0.29) is 11.3 Å². The molecule has 1 aromatic rings. The zero-order valence-electron chi connectivity index (χ0n) is 9.72. The van der Waals surface area contributed by atoms with Gasteiger partial charge in [0.1, 0.15) is 6.04 Å². The van der Waals surface area contributed by atoms with Gasteiger partial charge < -0.3 is 11.1 Å². The molecular weight excluding hydrogens is 236 g/mol.